The number of aldehydes is 1. The maximum atomic E-state index is 11.6. The summed E-state index contributed by atoms with van der Waals surface area (Å²) in [6.07, 6.45) is 1.67. The van der Waals surface area contributed by atoms with Crippen LogP contribution in [-0.4, -0.2) is 24.1 Å². The smallest absolute Gasteiger partial charge is 0.243 e. The van der Waals surface area contributed by atoms with E-state index in [2.05, 4.69) is 10.6 Å². The minimum Gasteiger partial charge on any atom is -0.302 e. The summed E-state index contributed by atoms with van der Waals surface area (Å²) in [6.45, 7) is 2.31. The van der Waals surface area contributed by atoms with E-state index in [9.17, 15) is 14.4 Å². The first kappa shape index (κ1) is 13.4. The summed E-state index contributed by atoms with van der Waals surface area (Å²) in [7, 11) is 0. The summed E-state index contributed by atoms with van der Waals surface area (Å²) < 4.78 is 0. The van der Waals surface area contributed by atoms with E-state index in [0.717, 1.165) is 17.4 Å². The SMILES string of the molecule is Cc1cccc(CNC2CCC(=O)NC2=O)c1C=O. The third-order valence-electron chi connectivity index (χ3n) is 3.31. The minimum atomic E-state index is -0.377. The topological polar surface area (TPSA) is 75.3 Å². The number of amides is 2. The zero-order chi connectivity index (χ0) is 13.8. The molecule has 0 spiro atoms. The second-order valence-corrected chi connectivity index (χ2v) is 4.65. The van der Waals surface area contributed by atoms with Crippen molar-refractivity contribution in [3.8, 4) is 0 Å². The molecule has 5 heteroatoms. The van der Waals surface area contributed by atoms with E-state index in [1.54, 1.807) is 0 Å². The van der Waals surface area contributed by atoms with Crippen LogP contribution < -0.4 is 10.6 Å². The predicted molar refractivity (Wildman–Crippen MR) is 69.6 cm³/mol. The Balaban J connectivity index is 2.03. The van der Waals surface area contributed by atoms with E-state index in [1.165, 1.54) is 0 Å². The van der Waals surface area contributed by atoms with Crippen LogP contribution in [0.5, 0.6) is 0 Å². The number of imide groups is 1. The highest BCUT2D eigenvalue weighted by Crippen LogP contribution is 2.13. The lowest BCUT2D eigenvalue weighted by Gasteiger charge is -2.22. The third-order valence-corrected chi connectivity index (χ3v) is 3.31. The highest BCUT2D eigenvalue weighted by molar-refractivity contribution is 6.00. The van der Waals surface area contributed by atoms with Crippen molar-refractivity contribution in [2.24, 2.45) is 0 Å². The molecule has 1 atom stereocenters. The molecule has 0 aliphatic carbocycles. The molecule has 0 bridgehead atoms. The van der Waals surface area contributed by atoms with Crippen LogP contribution in [0.15, 0.2) is 18.2 Å². The molecule has 19 heavy (non-hydrogen) atoms. The average Bonchev–Trinajstić information content (AvgIpc) is 2.38. The zero-order valence-electron chi connectivity index (χ0n) is 10.7. The summed E-state index contributed by atoms with van der Waals surface area (Å²) in [5, 5.41) is 5.38. The molecular formula is C14H16N2O3. The van der Waals surface area contributed by atoms with E-state index in [0.29, 0.717) is 24.9 Å². The number of carbonyl (C=O) groups is 3. The summed E-state index contributed by atoms with van der Waals surface area (Å²) in [4.78, 5) is 33.7. The fourth-order valence-electron chi connectivity index (χ4n) is 2.19. The number of hydrogen-bond donors (Lipinski definition) is 2. The fourth-order valence-corrected chi connectivity index (χ4v) is 2.19. The normalized spacial score (nSPS) is 19.1. The lowest BCUT2D eigenvalue weighted by molar-refractivity contribution is -0.134. The average molecular weight is 260 g/mol. The molecule has 0 saturated carbocycles. The van der Waals surface area contributed by atoms with Crippen molar-refractivity contribution >= 4 is 18.1 Å². The third kappa shape index (κ3) is 3.06. The van der Waals surface area contributed by atoms with Crippen LogP contribution in [0.1, 0.15) is 34.3 Å². The molecule has 1 aliphatic rings. The number of carbonyl (C=O) groups excluding carboxylic acids is 3. The molecule has 2 N–H and O–H groups in total. The molecule has 100 valence electrons. The first-order valence-corrected chi connectivity index (χ1v) is 6.22. The first-order valence-electron chi connectivity index (χ1n) is 6.22. The van der Waals surface area contributed by atoms with Gasteiger partial charge in [-0.15, -0.1) is 0 Å². The Hall–Kier alpha value is -2.01. The Morgan fingerprint density at radius 2 is 2.21 bits per heavy atom. The van der Waals surface area contributed by atoms with Gasteiger partial charge in [0.05, 0.1) is 6.04 Å². The molecule has 1 unspecified atom stereocenters. The Morgan fingerprint density at radius 3 is 2.89 bits per heavy atom. The van der Waals surface area contributed by atoms with Crippen LogP contribution in [0.3, 0.4) is 0 Å². The molecule has 1 aromatic rings. The fraction of sp³-hybridized carbons (Fsp3) is 0.357. The van der Waals surface area contributed by atoms with E-state index < -0.39 is 0 Å². The standard InChI is InChI=1S/C14H16N2O3/c1-9-3-2-4-10(11(9)8-17)7-15-12-5-6-13(18)16-14(12)19/h2-4,8,12,15H,5-7H2,1H3,(H,16,18,19). The van der Waals surface area contributed by atoms with Gasteiger partial charge in [0.1, 0.15) is 0 Å². The summed E-state index contributed by atoms with van der Waals surface area (Å²) in [5.74, 6) is -0.524. The van der Waals surface area contributed by atoms with Crippen molar-refractivity contribution in [1.82, 2.24) is 10.6 Å². The molecule has 1 aliphatic heterocycles. The van der Waals surface area contributed by atoms with Gasteiger partial charge >= 0.3 is 0 Å². The molecule has 1 aromatic carbocycles. The highest BCUT2D eigenvalue weighted by atomic mass is 16.2. The van der Waals surface area contributed by atoms with Gasteiger partial charge in [-0.3, -0.25) is 19.7 Å². The van der Waals surface area contributed by atoms with Crippen molar-refractivity contribution in [3.63, 3.8) is 0 Å². The van der Waals surface area contributed by atoms with Gasteiger partial charge in [-0.1, -0.05) is 18.2 Å². The van der Waals surface area contributed by atoms with Gasteiger partial charge in [0, 0.05) is 18.5 Å². The lowest BCUT2D eigenvalue weighted by atomic mass is 10.0. The maximum Gasteiger partial charge on any atom is 0.243 e. The number of benzene rings is 1. The number of nitrogens with one attached hydrogen (secondary N) is 2. The molecule has 2 rings (SSSR count). The van der Waals surface area contributed by atoms with Crippen molar-refractivity contribution < 1.29 is 14.4 Å². The predicted octanol–water partition coefficient (Wildman–Crippen LogP) is 0.702. The quantitative estimate of drug-likeness (QED) is 0.617. The molecular weight excluding hydrogens is 244 g/mol. The molecule has 5 nitrogen and oxygen atoms in total. The van der Waals surface area contributed by atoms with Crippen molar-refractivity contribution in [2.45, 2.75) is 32.4 Å². The number of rotatable bonds is 4. The van der Waals surface area contributed by atoms with E-state index in [1.807, 2.05) is 25.1 Å². The number of piperidine rings is 1. The molecule has 1 heterocycles. The Kier molecular flexibility index (Phi) is 4.06. The van der Waals surface area contributed by atoms with E-state index in [4.69, 9.17) is 0 Å². The molecule has 1 fully saturated rings. The molecule has 1 saturated heterocycles. The van der Waals surface area contributed by atoms with Crippen molar-refractivity contribution in [3.05, 3.63) is 34.9 Å². The molecule has 0 radical (unpaired) electrons. The van der Waals surface area contributed by atoms with Gasteiger partial charge in [-0.2, -0.15) is 0 Å². The zero-order valence-corrected chi connectivity index (χ0v) is 10.7. The number of aryl methyl sites for hydroxylation is 1. The van der Waals surface area contributed by atoms with Crippen LogP contribution in [0.2, 0.25) is 0 Å². The lowest BCUT2D eigenvalue weighted by Crippen LogP contribution is -2.50. The molecule has 2 amide bonds. The van der Waals surface area contributed by atoms with Crippen LogP contribution in [0.4, 0.5) is 0 Å². The second-order valence-electron chi connectivity index (χ2n) is 4.65. The highest BCUT2D eigenvalue weighted by Gasteiger charge is 2.25. The first-order chi connectivity index (χ1) is 9.11. The summed E-state index contributed by atoms with van der Waals surface area (Å²) in [6, 6.07) is 5.23. The number of hydrogen-bond acceptors (Lipinski definition) is 4. The van der Waals surface area contributed by atoms with Crippen LogP contribution >= 0.6 is 0 Å². The summed E-state index contributed by atoms with van der Waals surface area (Å²) >= 11 is 0. The van der Waals surface area contributed by atoms with Gasteiger partial charge in [-0.05, 0) is 24.5 Å². The Morgan fingerprint density at radius 1 is 1.42 bits per heavy atom. The molecule has 0 aromatic heterocycles. The Labute approximate surface area is 111 Å². The monoisotopic (exact) mass is 260 g/mol. The van der Waals surface area contributed by atoms with Gasteiger partial charge in [0.25, 0.3) is 0 Å². The van der Waals surface area contributed by atoms with Crippen LogP contribution in [-0.2, 0) is 16.1 Å². The van der Waals surface area contributed by atoms with Gasteiger partial charge in [0.15, 0.2) is 6.29 Å². The maximum absolute atomic E-state index is 11.6. The van der Waals surface area contributed by atoms with Crippen LogP contribution in [0.25, 0.3) is 0 Å². The van der Waals surface area contributed by atoms with Gasteiger partial charge < -0.3 is 5.32 Å². The summed E-state index contributed by atoms with van der Waals surface area (Å²) in [5.41, 5.74) is 2.43. The largest absolute Gasteiger partial charge is 0.302 e. The second kappa shape index (κ2) is 5.75. The van der Waals surface area contributed by atoms with Crippen molar-refractivity contribution in [2.75, 3.05) is 0 Å². The minimum absolute atomic E-state index is 0.229. The van der Waals surface area contributed by atoms with E-state index >= 15 is 0 Å². The van der Waals surface area contributed by atoms with Gasteiger partial charge in [0.2, 0.25) is 11.8 Å². The Bertz CT molecular complexity index is 525. The van der Waals surface area contributed by atoms with E-state index in [-0.39, 0.29) is 17.9 Å². The van der Waals surface area contributed by atoms with Gasteiger partial charge in [-0.25, -0.2) is 0 Å². The van der Waals surface area contributed by atoms with Crippen LogP contribution in [0, 0.1) is 6.92 Å². The van der Waals surface area contributed by atoms with Crippen molar-refractivity contribution in [1.29, 1.82) is 0 Å².